The number of rotatable bonds is 3. The number of pyridine rings is 1. The lowest BCUT2D eigenvalue weighted by atomic mass is 9.97. The summed E-state index contributed by atoms with van der Waals surface area (Å²) in [5, 5.41) is 1.99. The van der Waals surface area contributed by atoms with Gasteiger partial charge in [0.2, 0.25) is 0 Å². The average molecular weight is 293 g/mol. The summed E-state index contributed by atoms with van der Waals surface area (Å²) in [5.41, 5.74) is 2.37. The highest BCUT2D eigenvalue weighted by Gasteiger charge is 2.12. The molecule has 0 aliphatic rings. The van der Waals surface area contributed by atoms with Crippen LogP contribution in [0.2, 0.25) is 0 Å². The lowest BCUT2D eigenvalue weighted by Gasteiger charge is -2.11. The number of aromatic nitrogens is 1. The molecule has 0 unspecified atom stereocenters. The van der Waals surface area contributed by atoms with Gasteiger partial charge in [0, 0.05) is 18.0 Å². The quantitative estimate of drug-likeness (QED) is 0.691. The van der Waals surface area contributed by atoms with E-state index in [-0.39, 0.29) is 5.97 Å². The molecule has 0 spiro atoms. The van der Waals surface area contributed by atoms with Gasteiger partial charge in [0.1, 0.15) is 5.75 Å². The van der Waals surface area contributed by atoms with Gasteiger partial charge in [0.25, 0.3) is 0 Å². The molecule has 1 aromatic heterocycles. The summed E-state index contributed by atoms with van der Waals surface area (Å²) < 4.78 is 10.2. The van der Waals surface area contributed by atoms with E-state index in [9.17, 15) is 4.79 Å². The minimum Gasteiger partial charge on any atom is -0.496 e. The number of methoxy groups -OCH3 is 2. The predicted molar refractivity (Wildman–Crippen MR) is 85.1 cm³/mol. The summed E-state index contributed by atoms with van der Waals surface area (Å²) in [4.78, 5) is 15.9. The normalized spacial score (nSPS) is 10.5. The van der Waals surface area contributed by atoms with E-state index < -0.39 is 0 Å². The zero-order valence-electron chi connectivity index (χ0n) is 12.4. The first-order valence-electron chi connectivity index (χ1n) is 6.84. The van der Waals surface area contributed by atoms with E-state index in [4.69, 9.17) is 9.47 Å². The molecule has 0 aliphatic heterocycles. The number of nitrogens with zero attached hydrogens (tertiary/aromatic N) is 1. The molecule has 4 heteroatoms. The third kappa shape index (κ3) is 2.39. The van der Waals surface area contributed by atoms with Crippen molar-refractivity contribution in [2.75, 3.05) is 14.2 Å². The van der Waals surface area contributed by atoms with Crippen LogP contribution in [-0.4, -0.2) is 25.2 Å². The summed E-state index contributed by atoms with van der Waals surface area (Å²) in [6.07, 6.45) is 3.45. The molecule has 0 N–H and O–H groups in total. The first-order valence-corrected chi connectivity index (χ1v) is 6.84. The highest BCUT2D eigenvalue weighted by molar-refractivity contribution is 6.02. The van der Waals surface area contributed by atoms with Gasteiger partial charge in [0.15, 0.2) is 0 Å². The lowest BCUT2D eigenvalue weighted by Crippen LogP contribution is -2.00. The number of fused-ring (bicyclic) bond motifs is 1. The number of carbonyl (C=O) groups is 1. The number of carbonyl (C=O) groups excluding carboxylic acids is 1. The molecule has 0 aliphatic carbocycles. The van der Waals surface area contributed by atoms with Gasteiger partial charge in [-0.2, -0.15) is 0 Å². The van der Waals surface area contributed by atoms with Gasteiger partial charge >= 0.3 is 5.97 Å². The molecule has 0 atom stereocenters. The van der Waals surface area contributed by atoms with Crippen LogP contribution >= 0.6 is 0 Å². The van der Waals surface area contributed by atoms with Crippen molar-refractivity contribution in [1.82, 2.24) is 4.98 Å². The first-order chi connectivity index (χ1) is 10.7. The highest BCUT2D eigenvalue weighted by atomic mass is 16.5. The standard InChI is InChI=1S/C18H15NO3/c1-21-17-8-9-19-11-16(17)14-5-3-4-12-6-7-13(10-15(12)14)18(20)22-2/h3-11H,1-2H3. The Morgan fingerprint density at radius 1 is 1.05 bits per heavy atom. The van der Waals surface area contributed by atoms with Gasteiger partial charge in [-0.25, -0.2) is 4.79 Å². The van der Waals surface area contributed by atoms with Crippen LogP contribution in [0, 0.1) is 0 Å². The van der Waals surface area contributed by atoms with Crippen molar-refractivity contribution >= 4 is 16.7 Å². The molecule has 4 nitrogen and oxygen atoms in total. The third-order valence-electron chi connectivity index (χ3n) is 3.59. The molecular weight excluding hydrogens is 278 g/mol. The fourth-order valence-electron chi connectivity index (χ4n) is 2.51. The summed E-state index contributed by atoms with van der Waals surface area (Å²) in [5.74, 6) is 0.390. The van der Waals surface area contributed by atoms with E-state index in [0.29, 0.717) is 5.56 Å². The molecular formula is C18H15NO3. The van der Waals surface area contributed by atoms with Crippen molar-refractivity contribution in [3.8, 4) is 16.9 Å². The van der Waals surface area contributed by atoms with Crippen LogP contribution in [0.3, 0.4) is 0 Å². The van der Waals surface area contributed by atoms with Gasteiger partial charge in [0.05, 0.1) is 19.8 Å². The second-order valence-electron chi connectivity index (χ2n) is 4.81. The number of hydrogen-bond donors (Lipinski definition) is 0. The second-order valence-corrected chi connectivity index (χ2v) is 4.81. The third-order valence-corrected chi connectivity index (χ3v) is 3.59. The molecule has 0 saturated carbocycles. The van der Waals surface area contributed by atoms with Crippen molar-refractivity contribution in [1.29, 1.82) is 0 Å². The number of hydrogen-bond acceptors (Lipinski definition) is 4. The molecule has 1 heterocycles. The second kappa shape index (κ2) is 5.85. The van der Waals surface area contributed by atoms with Gasteiger partial charge in [-0.15, -0.1) is 0 Å². The summed E-state index contributed by atoms with van der Waals surface area (Å²) in [7, 11) is 3.01. The minimum absolute atomic E-state index is 0.352. The first kappa shape index (κ1) is 14.1. The van der Waals surface area contributed by atoms with Crippen LogP contribution in [0.1, 0.15) is 10.4 Å². The van der Waals surface area contributed by atoms with Crippen LogP contribution in [0.4, 0.5) is 0 Å². The fourth-order valence-corrected chi connectivity index (χ4v) is 2.51. The largest absolute Gasteiger partial charge is 0.496 e. The molecule has 0 radical (unpaired) electrons. The zero-order chi connectivity index (χ0) is 15.5. The summed E-state index contributed by atoms with van der Waals surface area (Å²) in [6, 6.07) is 13.3. The lowest BCUT2D eigenvalue weighted by molar-refractivity contribution is 0.0601. The smallest absolute Gasteiger partial charge is 0.337 e. The molecule has 0 fully saturated rings. The molecule has 0 amide bonds. The topological polar surface area (TPSA) is 48.4 Å². The summed E-state index contributed by atoms with van der Waals surface area (Å²) in [6.45, 7) is 0. The SMILES string of the molecule is COC(=O)c1ccc2cccc(-c3cnccc3OC)c2c1. The van der Waals surface area contributed by atoms with E-state index in [1.807, 2.05) is 36.4 Å². The van der Waals surface area contributed by atoms with Crippen LogP contribution in [0.5, 0.6) is 5.75 Å². The average Bonchev–Trinajstić information content (AvgIpc) is 2.60. The van der Waals surface area contributed by atoms with Crippen LogP contribution in [0.15, 0.2) is 54.9 Å². The van der Waals surface area contributed by atoms with Crippen LogP contribution in [-0.2, 0) is 4.74 Å². The number of benzene rings is 2. The van der Waals surface area contributed by atoms with E-state index >= 15 is 0 Å². The van der Waals surface area contributed by atoms with Crippen LogP contribution < -0.4 is 4.74 Å². The maximum Gasteiger partial charge on any atom is 0.337 e. The number of ether oxygens (including phenoxy) is 2. The monoisotopic (exact) mass is 293 g/mol. The van der Waals surface area contributed by atoms with Crippen molar-refractivity contribution in [2.45, 2.75) is 0 Å². The van der Waals surface area contributed by atoms with E-state index in [0.717, 1.165) is 27.6 Å². The predicted octanol–water partition coefficient (Wildman–Crippen LogP) is 3.70. The van der Waals surface area contributed by atoms with Crippen molar-refractivity contribution in [3.05, 3.63) is 60.4 Å². The Hall–Kier alpha value is -2.88. The molecule has 0 saturated heterocycles. The molecule has 110 valence electrons. The Bertz CT molecular complexity index is 843. The van der Waals surface area contributed by atoms with E-state index in [1.165, 1.54) is 7.11 Å². The minimum atomic E-state index is -0.352. The highest BCUT2D eigenvalue weighted by Crippen LogP contribution is 2.34. The Labute approximate surface area is 128 Å². The maximum atomic E-state index is 11.8. The molecule has 2 aromatic carbocycles. The van der Waals surface area contributed by atoms with Crippen molar-refractivity contribution in [2.24, 2.45) is 0 Å². The Kier molecular flexibility index (Phi) is 3.74. The summed E-state index contributed by atoms with van der Waals surface area (Å²) >= 11 is 0. The molecule has 0 bridgehead atoms. The van der Waals surface area contributed by atoms with Gasteiger partial charge in [-0.05, 0) is 34.5 Å². The zero-order valence-corrected chi connectivity index (χ0v) is 12.4. The molecule has 22 heavy (non-hydrogen) atoms. The molecule has 3 aromatic rings. The van der Waals surface area contributed by atoms with E-state index in [2.05, 4.69) is 4.98 Å². The van der Waals surface area contributed by atoms with E-state index in [1.54, 1.807) is 25.6 Å². The van der Waals surface area contributed by atoms with Gasteiger partial charge in [-0.3, -0.25) is 4.98 Å². The Morgan fingerprint density at radius 2 is 1.91 bits per heavy atom. The number of esters is 1. The fraction of sp³-hybridized carbons (Fsp3) is 0.111. The van der Waals surface area contributed by atoms with Crippen molar-refractivity contribution in [3.63, 3.8) is 0 Å². The van der Waals surface area contributed by atoms with Crippen molar-refractivity contribution < 1.29 is 14.3 Å². The Balaban J connectivity index is 2.27. The molecule has 3 rings (SSSR count). The van der Waals surface area contributed by atoms with Gasteiger partial charge in [-0.1, -0.05) is 24.3 Å². The Morgan fingerprint density at radius 3 is 2.68 bits per heavy atom. The van der Waals surface area contributed by atoms with Gasteiger partial charge < -0.3 is 9.47 Å². The van der Waals surface area contributed by atoms with Crippen LogP contribution in [0.25, 0.3) is 21.9 Å². The maximum absolute atomic E-state index is 11.8.